The fourth-order valence-corrected chi connectivity index (χ4v) is 2.04. The van der Waals surface area contributed by atoms with Crippen molar-refractivity contribution in [3.05, 3.63) is 22.7 Å². The second-order valence-electron chi connectivity index (χ2n) is 4.59. The highest BCUT2D eigenvalue weighted by atomic mass is 35.5. The molecule has 0 bridgehead atoms. The van der Waals surface area contributed by atoms with Crippen molar-refractivity contribution in [1.82, 2.24) is 9.97 Å². The summed E-state index contributed by atoms with van der Waals surface area (Å²) in [5.41, 5.74) is 7.03. The molecule has 2 atom stereocenters. The lowest BCUT2D eigenvalue weighted by Crippen LogP contribution is -2.22. The zero-order valence-corrected chi connectivity index (χ0v) is 11.6. The number of nitrogens with two attached hydrogens (primary N) is 1. The van der Waals surface area contributed by atoms with Crippen LogP contribution in [0.2, 0.25) is 5.15 Å². The lowest BCUT2D eigenvalue weighted by atomic mass is 9.96. The lowest BCUT2D eigenvalue weighted by molar-refractivity contribution is 0.496. The maximum atomic E-state index is 8.73. The van der Waals surface area contributed by atoms with Crippen molar-refractivity contribution in [2.75, 3.05) is 0 Å². The summed E-state index contributed by atoms with van der Waals surface area (Å²) in [6, 6.07) is 2.08. The second-order valence-corrected chi connectivity index (χ2v) is 4.94. The maximum absolute atomic E-state index is 8.73. The van der Waals surface area contributed by atoms with E-state index in [1.54, 1.807) is 6.20 Å². The number of nitriles is 1. The van der Waals surface area contributed by atoms with Gasteiger partial charge in [-0.05, 0) is 12.8 Å². The van der Waals surface area contributed by atoms with Gasteiger partial charge in [0.25, 0.3) is 0 Å². The zero-order valence-electron chi connectivity index (χ0n) is 10.9. The van der Waals surface area contributed by atoms with Crippen molar-refractivity contribution >= 4 is 11.6 Å². The van der Waals surface area contributed by atoms with Crippen LogP contribution in [-0.2, 0) is 0 Å². The predicted octanol–water partition coefficient (Wildman–Crippen LogP) is 3.01. The van der Waals surface area contributed by atoms with Gasteiger partial charge in [-0.25, -0.2) is 9.97 Å². The van der Waals surface area contributed by atoms with Crippen molar-refractivity contribution in [3.63, 3.8) is 0 Å². The SMILES string of the molecule is CCCCC(N)C[C@@H](C)c1cnc(C#N)c(Cl)n1. The molecule has 0 aliphatic heterocycles. The molecule has 18 heavy (non-hydrogen) atoms. The molecule has 0 saturated heterocycles. The molecule has 1 aromatic heterocycles. The molecule has 1 aromatic rings. The van der Waals surface area contributed by atoms with E-state index in [1.165, 1.54) is 0 Å². The highest BCUT2D eigenvalue weighted by molar-refractivity contribution is 6.30. The Morgan fingerprint density at radius 2 is 2.28 bits per heavy atom. The van der Waals surface area contributed by atoms with Gasteiger partial charge >= 0.3 is 0 Å². The Kier molecular flexibility index (Phi) is 6.03. The van der Waals surface area contributed by atoms with Crippen LogP contribution in [0.3, 0.4) is 0 Å². The van der Waals surface area contributed by atoms with E-state index in [2.05, 4.69) is 23.8 Å². The average Bonchev–Trinajstić information content (AvgIpc) is 2.36. The Morgan fingerprint density at radius 3 is 2.83 bits per heavy atom. The molecule has 0 aliphatic carbocycles. The fourth-order valence-electron chi connectivity index (χ4n) is 1.85. The van der Waals surface area contributed by atoms with Crippen molar-refractivity contribution < 1.29 is 0 Å². The number of aromatic nitrogens is 2. The molecule has 0 spiro atoms. The van der Waals surface area contributed by atoms with Gasteiger partial charge in [0.15, 0.2) is 10.8 Å². The number of hydrogen-bond acceptors (Lipinski definition) is 4. The molecule has 0 aromatic carbocycles. The lowest BCUT2D eigenvalue weighted by Gasteiger charge is -2.16. The molecule has 0 amide bonds. The van der Waals surface area contributed by atoms with Crippen molar-refractivity contribution in [1.29, 1.82) is 5.26 Å². The largest absolute Gasteiger partial charge is 0.328 e. The molecule has 2 N–H and O–H groups in total. The minimum atomic E-state index is 0.169. The number of unbranched alkanes of at least 4 members (excludes halogenated alkanes) is 1. The molecule has 0 fully saturated rings. The highest BCUT2D eigenvalue weighted by Gasteiger charge is 2.14. The quantitative estimate of drug-likeness (QED) is 0.859. The standard InChI is InChI=1S/C13H19ClN4/c1-3-4-5-10(16)6-9(2)12-8-17-11(7-15)13(14)18-12/h8-10H,3-6,16H2,1-2H3/t9-,10?/m1/s1. The summed E-state index contributed by atoms with van der Waals surface area (Å²) < 4.78 is 0. The molecule has 1 rings (SSSR count). The van der Waals surface area contributed by atoms with Crippen LogP contribution in [0.15, 0.2) is 6.20 Å². The van der Waals surface area contributed by atoms with E-state index < -0.39 is 0 Å². The number of nitrogens with zero attached hydrogens (tertiary/aromatic N) is 3. The van der Waals surface area contributed by atoms with Crippen LogP contribution in [-0.4, -0.2) is 16.0 Å². The van der Waals surface area contributed by atoms with Gasteiger partial charge in [-0.3, -0.25) is 0 Å². The van der Waals surface area contributed by atoms with Gasteiger partial charge in [-0.1, -0.05) is 38.3 Å². The molecule has 0 radical (unpaired) electrons. The van der Waals surface area contributed by atoms with Gasteiger partial charge < -0.3 is 5.73 Å². The van der Waals surface area contributed by atoms with Crippen LogP contribution in [0.25, 0.3) is 0 Å². The van der Waals surface area contributed by atoms with E-state index >= 15 is 0 Å². The molecule has 0 aliphatic rings. The second kappa shape index (κ2) is 7.30. The molecule has 98 valence electrons. The third kappa shape index (κ3) is 4.25. The smallest absolute Gasteiger partial charge is 0.177 e. The number of hydrogen-bond donors (Lipinski definition) is 1. The van der Waals surface area contributed by atoms with E-state index in [0.29, 0.717) is 0 Å². The first kappa shape index (κ1) is 14.9. The van der Waals surface area contributed by atoms with Gasteiger partial charge in [0.2, 0.25) is 0 Å². The normalized spacial score (nSPS) is 13.9. The molecule has 1 unspecified atom stereocenters. The summed E-state index contributed by atoms with van der Waals surface area (Å²) in [5.74, 6) is 0.203. The van der Waals surface area contributed by atoms with Gasteiger partial charge in [0, 0.05) is 12.0 Å². The highest BCUT2D eigenvalue weighted by Crippen LogP contribution is 2.21. The first-order valence-corrected chi connectivity index (χ1v) is 6.64. The van der Waals surface area contributed by atoms with Crippen LogP contribution in [0.5, 0.6) is 0 Å². The van der Waals surface area contributed by atoms with Crippen LogP contribution >= 0.6 is 11.6 Å². The first-order chi connectivity index (χ1) is 8.58. The van der Waals surface area contributed by atoms with Gasteiger partial charge in [-0.2, -0.15) is 5.26 Å². The van der Waals surface area contributed by atoms with Gasteiger partial charge in [-0.15, -0.1) is 0 Å². The topological polar surface area (TPSA) is 75.6 Å². The zero-order chi connectivity index (χ0) is 13.5. The van der Waals surface area contributed by atoms with Crippen LogP contribution in [0.4, 0.5) is 0 Å². The monoisotopic (exact) mass is 266 g/mol. The summed E-state index contributed by atoms with van der Waals surface area (Å²) in [7, 11) is 0. The Bertz CT molecular complexity index is 427. The van der Waals surface area contributed by atoms with Crippen LogP contribution in [0.1, 0.15) is 56.8 Å². The number of rotatable bonds is 6. The fraction of sp³-hybridized carbons (Fsp3) is 0.615. The molecular weight excluding hydrogens is 248 g/mol. The molecule has 5 heteroatoms. The Balaban J connectivity index is 2.64. The predicted molar refractivity (Wildman–Crippen MR) is 72.3 cm³/mol. The Hall–Kier alpha value is -1.18. The van der Waals surface area contributed by atoms with E-state index in [9.17, 15) is 0 Å². The van der Waals surface area contributed by atoms with Crippen molar-refractivity contribution in [3.8, 4) is 6.07 Å². The summed E-state index contributed by atoms with van der Waals surface area (Å²) in [6.45, 7) is 4.21. The summed E-state index contributed by atoms with van der Waals surface area (Å²) >= 11 is 5.87. The van der Waals surface area contributed by atoms with Crippen molar-refractivity contribution in [2.45, 2.75) is 51.5 Å². The van der Waals surface area contributed by atoms with Crippen molar-refractivity contribution in [2.24, 2.45) is 5.73 Å². The third-order valence-electron chi connectivity index (χ3n) is 2.94. The first-order valence-electron chi connectivity index (χ1n) is 6.26. The number of halogens is 1. The van der Waals surface area contributed by atoms with E-state index in [4.69, 9.17) is 22.6 Å². The minimum Gasteiger partial charge on any atom is -0.328 e. The van der Waals surface area contributed by atoms with E-state index in [0.717, 1.165) is 31.4 Å². The molecule has 4 nitrogen and oxygen atoms in total. The summed E-state index contributed by atoms with van der Waals surface area (Å²) in [5, 5.41) is 8.90. The maximum Gasteiger partial charge on any atom is 0.177 e. The minimum absolute atomic E-state index is 0.169. The Labute approximate surface area is 113 Å². The molecular formula is C13H19ClN4. The van der Waals surface area contributed by atoms with E-state index in [-0.39, 0.29) is 22.8 Å². The Morgan fingerprint density at radius 1 is 1.56 bits per heavy atom. The van der Waals surface area contributed by atoms with E-state index in [1.807, 2.05) is 6.07 Å². The molecule has 1 heterocycles. The third-order valence-corrected chi connectivity index (χ3v) is 3.21. The average molecular weight is 267 g/mol. The van der Waals surface area contributed by atoms with Crippen LogP contribution in [0, 0.1) is 11.3 Å². The molecule has 0 saturated carbocycles. The van der Waals surface area contributed by atoms with Gasteiger partial charge in [0.1, 0.15) is 6.07 Å². The van der Waals surface area contributed by atoms with Crippen LogP contribution < -0.4 is 5.73 Å². The summed E-state index contributed by atoms with van der Waals surface area (Å²) in [6.07, 6.45) is 5.80. The van der Waals surface area contributed by atoms with Gasteiger partial charge in [0.05, 0.1) is 11.9 Å². The summed E-state index contributed by atoms with van der Waals surface area (Å²) in [4.78, 5) is 8.19.